The van der Waals surface area contributed by atoms with E-state index >= 15 is 0 Å². The van der Waals surface area contributed by atoms with E-state index in [0.29, 0.717) is 30.9 Å². The number of imidazole rings is 1. The summed E-state index contributed by atoms with van der Waals surface area (Å²) >= 11 is 0. The van der Waals surface area contributed by atoms with Crippen LogP contribution in [-0.4, -0.2) is 40.1 Å². The number of nitrogens with zero attached hydrogens (tertiary/aromatic N) is 2. The highest BCUT2D eigenvalue weighted by Gasteiger charge is 2.36. The zero-order chi connectivity index (χ0) is 27.0. The number of benzene rings is 2. The van der Waals surface area contributed by atoms with Crippen LogP contribution in [0.25, 0.3) is 10.9 Å². The number of aromatic nitrogens is 3. The second-order valence-electron chi connectivity index (χ2n) is 9.26. The van der Waals surface area contributed by atoms with Crippen LogP contribution in [-0.2, 0) is 38.2 Å². The van der Waals surface area contributed by atoms with E-state index in [2.05, 4.69) is 9.97 Å². The minimum atomic E-state index is -4.92. The number of likely N-dealkylation sites (N-methyl/N-ethyl adjacent to an activating group) is 1. The van der Waals surface area contributed by atoms with Crippen molar-refractivity contribution in [2.75, 3.05) is 20.6 Å². The van der Waals surface area contributed by atoms with E-state index in [1.165, 1.54) is 4.57 Å². The molecule has 0 fully saturated rings. The highest BCUT2D eigenvalue weighted by Crippen LogP contribution is 2.36. The number of aromatic amines is 2. The minimum Gasteiger partial charge on any atom is -0.361 e. The number of alkyl halides is 6. The lowest BCUT2D eigenvalue weighted by molar-refractivity contribution is -0.143. The highest BCUT2D eigenvalue weighted by atomic mass is 19.4. The number of para-hydroxylation sites is 1. The van der Waals surface area contributed by atoms with E-state index < -0.39 is 23.5 Å². The highest BCUT2D eigenvalue weighted by molar-refractivity contribution is 5.83. The summed E-state index contributed by atoms with van der Waals surface area (Å²) in [5, 5.41) is 0.961. The fourth-order valence-electron chi connectivity index (χ4n) is 4.42. The molecule has 2 aromatic heterocycles. The molecule has 0 aliphatic rings. The number of rotatable bonds is 8. The molecule has 4 aromatic rings. The Hall–Kier alpha value is -3.47. The molecule has 5 nitrogen and oxygen atoms in total. The first-order valence-electron chi connectivity index (χ1n) is 11.6. The molecule has 0 saturated heterocycles. The topological polar surface area (TPSA) is 56.8 Å². The van der Waals surface area contributed by atoms with E-state index in [0.717, 1.165) is 28.6 Å². The maximum absolute atomic E-state index is 13.3. The second-order valence-corrected chi connectivity index (χ2v) is 9.26. The van der Waals surface area contributed by atoms with Gasteiger partial charge in [-0.05, 0) is 62.3 Å². The smallest absolute Gasteiger partial charge is 0.361 e. The summed E-state index contributed by atoms with van der Waals surface area (Å²) in [6.45, 7) is 0.848. The van der Waals surface area contributed by atoms with Gasteiger partial charge in [-0.25, -0.2) is 4.79 Å². The molecule has 0 atom stereocenters. The van der Waals surface area contributed by atoms with Crippen LogP contribution in [0.5, 0.6) is 0 Å². The van der Waals surface area contributed by atoms with Gasteiger partial charge in [0, 0.05) is 48.0 Å². The molecule has 37 heavy (non-hydrogen) atoms. The summed E-state index contributed by atoms with van der Waals surface area (Å²) in [6, 6.07) is 9.22. The molecule has 0 saturated carbocycles. The van der Waals surface area contributed by atoms with Gasteiger partial charge < -0.3 is 14.9 Å². The Morgan fingerprint density at radius 3 is 2.19 bits per heavy atom. The van der Waals surface area contributed by atoms with Crippen molar-refractivity contribution in [3.63, 3.8) is 0 Å². The number of nitrogens with one attached hydrogen (secondary N) is 2. The van der Waals surface area contributed by atoms with Crippen LogP contribution in [0.1, 0.15) is 33.6 Å². The first-order chi connectivity index (χ1) is 17.3. The molecule has 4 rings (SSSR count). The normalized spacial score (nSPS) is 12.7. The average Bonchev–Trinajstić information content (AvgIpc) is 3.35. The van der Waals surface area contributed by atoms with E-state index in [1.807, 2.05) is 49.5 Å². The first-order valence-corrected chi connectivity index (χ1v) is 11.6. The van der Waals surface area contributed by atoms with E-state index in [9.17, 15) is 31.1 Å². The van der Waals surface area contributed by atoms with Crippen molar-refractivity contribution in [3.8, 4) is 0 Å². The third-order valence-corrected chi connectivity index (χ3v) is 6.29. The maximum Gasteiger partial charge on any atom is 0.416 e. The van der Waals surface area contributed by atoms with Gasteiger partial charge in [0.1, 0.15) is 0 Å². The number of aryl methyl sites for hydroxylation is 1. The molecule has 2 heterocycles. The number of halogens is 6. The van der Waals surface area contributed by atoms with Gasteiger partial charge >= 0.3 is 18.0 Å². The quantitative estimate of drug-likeness (QED) is 0.294. The lowest BCUT2D eigenvalue weighted by Crippen LogP contribution is -2.26. The van der Waals surface area contributed by atoms with Crippen molar-refractivity contribution in [1.29, 1.82) is 0 Å². The summed E-state index contributed by atoms with van der Waals surface area (Å²) in [5.41, 5.74) is -0.210. The molecule has 11 heteroatoms. The van der Waals surface area contributed by atoms with Crippen LogP contribution >= 0.6 is 0 Å². The second kappa shape index (κ2) is 10.1. The van der Waals surface area contributed by atoms with Crippen molar-refractivity contribution < 1.29 is 26.3 Å². The Labute approximate surface area is 208 Å². The summed E-state index contributed by atoms with van der Waals surface area (Å²) in [5.74, 6) is 0. The van der Waals surface area contributed by atoms with Crippen molar-refractivity contribution in [2.45, 2.75) is 38.2 Å². The fraction of sp³-hybridized carbons (Fsp3) is 0.346. The molecule has 0 unspecified atom stereocenters. The third-order valence-electron chi connectivity index (χ3n) is 6.29. The molecule has 0 aliphatic carbocycles. The minimum absolute atomic E-state index is 0.0858. The fourth-order valence-corrected chi connectivity index (χ4v) is 4.42. The van der Waals surface area contributed by atoms with Gasteiger partial charge in [0.25, 0.3) is 0 Å². The summed E-state index contributed by atoms with van der Waals surface area (Å²) in [7, 11) is 3.68. The first kappa shape index (κ1) is 26.6. The van der Waals surface area contributed by atoms with Gasteiger partial charge in [-0.1, -0.05) is 18.2 Å². The van der Waals surface area contributed by atoms with Crippen LogP contribution in [0, 0.1) is 0 Å². The van der Waals surface area contributed by atoms with Gasteiger partial charge in [-0.2, -0.15) is 26.3 Å². The van der Waals surface area contributed by atoms with Crippen molar-refractivity contribution in [1.82, 2.24) is 19.4 Å². The average molecular weight is 525 g/mol. The van der Waals surface area contributed by atoms with Crippen LogP contribution in [0.4, 0.5) is 26.3 Å². The Morgan fingerprint density at radius 1 is 0.919 bits per heavy atom. The molecule has 0 bridgehead atoms. The van der Waals surface area contributed by atoms with Crippen molar-refractivity contribution in [2.24, 2.45) is 0 Å². The van der Waals surface area contributed by atoms with Crippen LogP contribution in [0.2, 0.25) is 0 Å². The molecular formula is C26H26F6N4O. The Bertz CT molecular complexity index is 1410. The predicted molar refractivity (Wildman–Crippen MR) is 129 cm³/mol. The SMILES string of the molecule is CN(C)CCn1c(CCc2cc(C(F)(F)F)cc(C(F)(F)F)c2)c(Cc2c[nH]c3ccccc23)[nH]c1=O. The van der Waals surface area contributed by atoms with Crippen LogP contribution in [0.15, 0.2) is 53.5 Å². The van der Waals surface area contributed by atoms with E-state index in [4.69, 9.17) is 0 Å². The Morgan fingerprint density at radius 2 is 1.57 bits per heavy atom. The molecule has 0 radical (unpaired) electrons. The standard InChI is InChI=1S/C26H26F6N4O/c1-35(2)9-10-36-23(8-7-16-11-18(25(27,28)29)14-19(12-16)26(30,31)32)22(34-24(36)37)13-17-15-33-21-6-4-3-5-20(17)21/h3-6,11-12,14-15,33H,7-10,13H2,1-2H3,(H,34,37). The van der Waals surface area contributed by atoms with Gasteiger partial charge in [-0.15, -0.1) is 0 Å². The van der Waals surface area contributed by atoms with Gasteiger partial charge in [-0.3, -0.25) is 4.57 Å². The van der Waals surface area contributed by atoms with E-state index in [-0.39, 0.29) is 30.2 Å². The van der Waals surface area contributed by atoms with Crippen molar-refractivity contribution in [3.05, 3.63) is 92.8 Å². The van der Waals surface area contributed by atoms with Crippen LogP contribution < -0.4 is 5.69 Å². The van der Waals surface area contributed by atoms with Crippen LogP contribution in [0.3, 0.4) is 0 Å². The number of hydrogen-bond donors (Lipinski definition) is 2. The maximum atomic E-state index is 13.3. The zero-order valence-electron chi connectivity index (χ0n) is 20.2. The monoisotopic (exact) mass is 524 g/mol. The lowest BCUT2D eigenvalue weighted by atomic mass is 9.99. The van der Waals surface area contributed by atoms with Crippen molar-refractivity contribution >= 4 is 10.9 Å². The molecule has 0 amide bonds. The molecular weight excluding hydrogens is 498 g/mol. The summed E-state index contributed by atoms with van der Waals surface area (Å²) in [6.07, 6.45) is -7.68. The molecule has 0 spiro atoms. The molecule has 2 N–H and O–H groups in total. The van der Waals surface area contributed by atoms with Gasteiger partial charge in [0.05, 0.1) is 11.1 Å². The summed E-state index contributed by atoms with van der Waals surface area (Å²) < 4.78 is 81.4. The summed E-state index contributed by atoms with van der Waals surface area (Å²) in [4.78, 5) is 20.7. The lowest BCUT2D eigenvalue weighted by Gasteiger charge is -2.16. The van der Waals surface area contributed by atoms with Gasteiger partial charge in [0.2, 0.25) is 0 Å². The van der Waals surface area contributed by atoms with E-state index in [1.54, 1.807) is 0 Å². The van der Waals surface area contributed by atoms with Gasteiger partial charge in [0.15, 0.2) is 0 Å². The Kier molecular flexibility index (Phi) is 7.27. The Balaban J connectivity index is 1.70. The molecule has 2 aromatic carbocycles. The number of hydrogen-bond acceptors (Lipinski definition) is 2. The zero-order valence-corrected chi connectivity index (χ0v) is 20.2. The predicted octanol–water partition coefficient (Wildman–Crippen LogP) is 5.63. The third kappa shape index (κ3) is 6.10. The molecule has 198 valence electrons. The number of fused-ring (bicyclic) bond motifs is 1. The number of H-pyrrole nitrogens is 2. The largest absolute Gasteiger partial charge is 0.416 e. The molecule has 0 aliphatic heterocycles.